The fourth-order valence-corrected chi connectivity index (χ4v) is 2.74. The summed E-state index contributed by atoms with van der Waals surface area (Å²) in [5.74, 6) is 0. The molecule has 0 saturated heterocycles. The van der Waals surface area contributed by atoms with Gasteiger partial charge in [0.15, 0.2) is 5.49 Å². The number of H-pyrrole nitrogens is 1. The molecule has 100 valence electrons. The first-order valence-corrected chi connectivity index (χ1v) is 6.48. The zero-order chi connectivity index (χ0) is 14.6. The Hall–Kier alpha value is -3.13. The first kappa shape index (κ1) is 11.7. The molecule has 0 saturated carbocycles. The Kier molecular flexibility index (Phi) is 2.19. The molecule has 0 amide bonds. The van der Waals surface area contributed by atoms with Gasteiger partial charge in [-0.1, -0.05) is 18.2 Å². The molecule has 0 aliphatic carbocycles. The Morgan fingerprint density at radius 2 is 2.10 bits per heavy atom. The van der Waals surface area contributed by atoms with Crippen LogP contribution in [0, 0.1) is 23.7 Å². The number of nitrogens with zero attached hydrogens (tertiary/aromatic N) is 2. The van der Waals surface area contributed by atoms with Gasteiger partial charge in [-0.05, 0) is 19.1 Å². The van der Waals surface area contributed by atoms with Crippen LogP contribution in [0.15, 0.2) is 34.7 Å². The van der Waals surface area contributed by atoms with Crippen molar-refractivity contribution < 1.29 is 4.42 Å². The van der Waals surface area contributed by atoms with Crippen LogP contribution in [0.1, 0.15) is 11.3 Å². The first-order valence-electron chi connectivity index (χ1n) is 6.48. The molecule has 0 radical (unpaired) electrons. The van der Waals surface area contributed by atoms with E-state index in [9.17, 15) is 5.26 Å². The SMILES string of the molecule is Cc1cc2c3ccccc3oc3nc(=N)c(C#N)c([nH]1)c32. The van der Waals surface area contributed by atoms with Gasteiger partial charge >= 0.3 is 0 Å². The molecule has 0 aliphatic heterocycles. The van der Waals surface area contributed by atoms with Gasteiger partial charge in [0.2, 0.25) is 5.71 Å². The van der Waals surface area contributed by atoms with Gasteiger partial charge in [-0.2, -0.15) is 10.2 Å². The van der Waals surface area contributed by atoms with Gasteiger partial charge in [-0.3, -0.25) is 5.41 Å². The van der Waals surface area contributed by atoms with Crippen LogP contribution >= 0.6 is 0 Å². The summed E-state index contributed by atoms with van der Waals surface area (Å²) in [5.41, 5.74) is 2.78. The number of para-hydroxylation sites is 1. The third-order valence-corrected chi connectivity index (χ3v) is 3.61. The second-order valence-electron chi connectivity index (χ2n) is 4.97. The lowest BCUT2D eigenvalue weighted by Gasteiger charge is -2.10. The number of aryl methyl sites for hydroxylation is 1. The van der Waals surface area contributed by atoms with Crippen LogP contribution in [-0.2, 0) is 0 Å². The maximum Gasteiger partial charge on any atom is 0.231 e. The molecule has 3 aromatic heterocycles. The van der Waals surface area contributed by atoms with Crippen molar-refractivity contribution in [1.29, 1.82) is 10.7 Å². The van der Waals surface area contributed by atoms with Crippen molar-refractivity contribution in [2.45, 2.75) is 6.92 Å². The molecule has 1 aromatic carbocycles. The van der Waals surface area contributed by atoms with Gasteiger partial charge in [0, 0.05) is 16.5 Å². The van der Waals surface area contributed by atoms with Crippen LogP contribution in [0.2, 0.25) is 0 Å². The minimum atomic E-state index is -0.0767. The number of rotatable bonds is 0. The highest BCUT2D eigenvalue weighted by molar-refractivity contribution is 6.16. The van der Waals surface area contributed by atoms with E-state index in [-0.39, 0.29) is 11.1 Å². The van der Waals surface area contributed by atoms with Gasteiger partial charge in [0.1, 0.15) is 17.2 Å². The van der Waals surface area contributed by atoms with E-state index < -0.39 is 0 Å². The number of nitrogens with one attached hydrogen (secondary N) is 2. The average molecular weight is 274 g/mol. The Morgan fingerprint density at radius 3 is 2.90 bits per heavy atom. The highest BCUT2D eigenvalue weighted by Crippen LogP contribution is 2.32. The fourth-order valence-electron chi connectivity index (χ4n) is 2.74. The summed E-state index contributed by atoms with van der Waals surface area (Å²) >= 11 is 0. The van der Waals surface area contributed by atoms with Crippen molar-refractivity contribution >= 4 is 33.0 Å². The number of benzene rings is 1. The van der Waals surface area contributed by atoms with Crippen LogP contribution < -0.4 is 5.49 Å². The third kappa shape index (κ3) is 1.50. The third-order valence-electron chi connectivity index (χ3n) is 3.61. The molecule has 5 heteroatoms. The van der Waals surface area contributed by atoms with E-state index in [1.54, 1.807) is 0 Å². The lowest BCUT2D eigenvalue weighted by molar-refractivity contribution is 0.643. The van der Waals surface area contributed by atoms with Crippen molar-refractivity contribution in [1.82, 2.24) is 9.97 Å². The summed E-state index contributed by atoms with van der Waals surface area (Å²) in [6, 6.07) is 11.8. The number of aromatic nitrogens is 2. The quantitative estimate of drug-likeness (QED) is 0.381. The number of fused-ring (bicyclic) bond motifs is 2. The zero-order valence-corrected chi connectivity index (χ0v) is 11.2. The van der Waals surface area contributed by atoms with Crippen LogP contribution in [-0.4, -0.2) is 9.97 Å². The van der Waals surface area contributed by atoms with Crippen LogP contribution in [0.4, 0.5) is 0 Å². The van der Waals surface area contributed by atoms with Crippen molar-refractivity contribution in [3.8, 4) is 6.07 Å². The molecule has 5 nitrogen and oxygen atoms in total. The van der Waals surface area contributed by atoms with E-state index in [0.717, 1.165) is 21.9 Å². The molecule has 21 heavy (non-hydrogen) atoms. The van der Waals surface area contributed by atoms with E-state index in [1.165, 1.54) is 0 Å². The fraction of sp³-hybridized carbons (Fsp3) is 0.0625. The van der Waals surface area contributed by atoms with Gasteiger partial charge in [-0.15, -0.1) is 0 Å². The van der Waals surface area contributed by atoms with Crippen molar-refractivity contribution in [2.24, 2.45) is 0 Å². The number of pyridine rings is 2. The van der Waals surface area contributed by atoms with E-state index in [1.807, 2.05) is 37.3 Å². The molecule has 3 heterocycles. The molecule has 0 unspecified atom stereocenters. The van der Waals surface area contributed by atoms with Crippen LogP contribution in [0.5, 0.6) is 0 Å². The standard InChI is InChI=1S/C16H10N4O/c1-8-6-10-9-4-2-3-5-12(9)21-16-13(10)14(19-8)11(7-17)15(18)20-16/h2-6,18-19H,1H3. The summed E-state index contributed by atoms with van der Waals surface area (Å²) in [7, 11) is 0. The molecule has 0 spiro atoms. The maximum absolute atomic E-state index is 9.30. The Bertz CT molecular complexity index is 1130. The van der Waals surface area contributed by atoms with Gasteiger partial charge in [0.05, 0.1) is 10.9 Å². The number of hydrogen-bond donors (Lipinski definition) is 2. The predicted molar refractivity (Wildman–Crippen MR) is 78.7 cm³/mol. The first-order chi connectivity index (χ1) is 10.2. The van der Waals surface area contributed by atoms with Crippen LogP contribution in [0.3, 0.4) is 0 Å². The second-order valence-corrected chi connectivity index (χ2v) is 4.97. The predicted octanol–water partition coefficient (Wildman–Crippen LogP) is 3.12. The second kappa shape index (κ2) is 3.93. The van der Waals surface area contributed by atoms with E-state index in [2.05, 4.69) is 16.0 Å². The van der Waals surface area contributed by atoms with Gasteiger partial charge in [-0.25, -0.2) is 0 Å². The number of hydrogen-bond acceptors (Lipinski definition) is 4. The molecule has 4 aromatic rings. The largest absolute Gasteiger partial charge is 0.438 e. The topological polar surface area (TPSA) is 89.5 Å². The zero-order valence-electron chi connectivity index (χ0n) is 11.2. The summed E-state index contributed by atoms with van der Waals surface area (Å²) in [6.45, 7) is 1.93. The highest BCUT2D eigenvalue weighted by Gasteiger charge is 2.15. The number of aromatic amines is 1. The molecule has 4 rings (SSSR count). The lowest BCUT2D eigenvalue weighted by atomic mass is 10.0. The minimum Gasteiger partial charge on any atom is -0.438 e. The number of nitriles is 1. The molecule has 0 atom stereocenters. The van der Waals surface area contributed by atoms with E-state index in [0.29, 0.717) is 16.8 Å². The highest BCUT2D eigenvalue weighted by atomic mass is 16.3. The summed E-state index contributed by atoms with van der Waals surface area (Å²) in [6.07, 6.45) is 0. The van der Waals surface area contributed by atoms with Gasteiger partial charge < -0.3 is 9.40 Å². The molecule has 0 bridgehead atoms. The molecule has 2 N–H and O–H groups in total. The molecular formula is C16H10N4O. The van der Waals surface area contributed by atoms with E-state index >= 15 is 0 Å². The minimum absolute atomic E-state index is 0.0767. The van der Waals surface area contributed by atoms with E-state index in [4.69, 9.17) is 9.83 Å². The molecular weight excluding hydrogens is 264 g/mol. The monoisotopic (exact) mass is 274 g/mol. The Morgan fingerprint density at radius 1 is 1.29 bits per heavy atom. The smallest absolute Gasteiger partial charge is 0.231 e. The van der Waals surface area contributed by atoms with Crippen molar-refractivity contribution in [2.75, 3.05) is 0 Å². The Balaban J connectivity index is 2.45. The molecule has 0 fully saturated rings. The summed E-state index contributed by atoms with van der Waals surface area (Å²) in [5, 5.41) is 19.9. The van der Waals surface area contributed by atoms with Crippen molar-refractivity contribution in [3.63, 3.8) is 0 Å². The maximum atomic E-state index is 9.30. The summed E-state index contributed by atoms with van der Waals surface area (Å²) in [4.78, 5) is 7.30. The van der Waals surface area contributed by atoms with Gasteiger partial charge in [0.25, 0.3) is 0 Å². The lowest BCUT2D eigenvalue weighted by Crippen LogP contribution is -2.12. The van der Waals surface area contributed by atoms with Crippen molar-refractivity contribution in [3.05, 3.63) is 47.1 Å². The molecule has 0 aliphatic rings. The Labute approximate surface area is 119 Å². The summed E-state index contributed by atoms with van der Waals surface area (Å²) < 4.78 is 5.81. The normalized spacial score (nSPS) is 11.2. The van der Waals surface area contributed by atoms with Crippen LogP contribution in [0.25, 0.3) is 33.0 Å². The average Bonchev–Trinajstić information content (AvgIpc) is 2.47.